The minimum Gasteiger partial charge on any atom is -0.485 e. The van der Waals surface area contributed by atoms with Crippen molar-refractivity contribution in [2.75, 3.05) is 6.61 Å². The predicted octanol–water partition coefficient (Wildman–Crippen LogP) is 4.79. The van der Waals surface area contributed by atoms with E-state index in [1.54, 1.807) is 24.5 Å². The van der Waals surface area contributed by atoms with Crippen LogP contribution in [0.1, 0.15) is 11.9 Å². The van der Waals surface area contributed by atoms with Crippen LogP contribution in [0.4, 0.5) is 0 Å². The molecule has 1 atom stereocenters. The summed E-state index contributed by atoms with van der Waals surface area (Å²) < 4.78 is 11.8. The molecule has 2 aromatic carbocycles. The molecule has 0 fully saturated rings. The maximum atomic E-state index is 6.05. The van der Waals surface area contributed by atoms with Gasteiger partial charge in [0.25, 0.3) is 0 Å². The highest BCUT2D eigenvalue weighted by atomic mass is 35.5. The zero-order valence-electron chi connectivity index (χ0n) is 13.6. The van der Waals surface area contributed by atoms with Crippen LogP contribution in [0, 0.1) is 0 Å². The van der Waals surface area contributed by atoms with Crippen molar-refractivity contribution in [3.05, 3.63) is 71.8 Å². The summed E-state index contributed by atoms with van der Waals surface area (Å²) in [5.41, 5.74) is 4.06. The minimum absolute atomic E-state index is 0.308. The normalized spacial score (nSPS) is 16.0. The second-order valence-electron chi connectivity index (χ2n) is 6.10. The maximum absolute atomic E-state index is 6.05. The van der Waals surface area contributed by atoms with Crippen molar-refractivity contribution in [2.45, 2.75) is 6.10 Å². The van der Waals surface area contributed by atoms with E-state index < -0.39 is 0 Å². The first-order valence-corrected chi connectivity index (χ1v) is 8.63. The molecule has 0 saturated heterocycles. The number of rotatable bonds is 2. The molecule has 1 aliphatic heterocycles. The molecule has 1 unspecified atom stereocenters. The number of imidazole rings is 1. The molecule has 5 nitrogen and oxygen atoms in total. The van der Waals surface area contributed by atoms with Gasteiger partial charge in [-0.2, -0.15) is 0 Å². The van der Waals surface area contributed by atoms with Gasteiger partial charge in [-0.1, -0.05) is 17.7 Å². The highest BCUT2D eigenvalue weighted by molar-refractivity contribution is 6.30. The quantitative estimate of drug-likeness (QED) is 0.556. The van der Waals surface area contributed by atoms with Crippen LogP contribution < -0.4 is 9.47 Å². The Balaban J connectivity index is 1.48. The Morgan fingerprint density at radius 3 is 2.73 bits per heavy atom. The number of aromatic amines is 1. The van der Waals surface area contributed by atoms with Crippen LogP contribution >= 0.6 is 11.6 Å². The van der Waals surface area contributed by atoms with Gasteiger partial charge in [-0.05, 0) is 47.5 Å². The predicted molar refractivity (Wildman–Crippen MR) is 99.6 cm³/mol. The molecule has 0 amide bonds. The summed E-state index contributed by atoms with van der Waals surface area (Å²) in [5, 5.41) is 0.611. The largest absolute Gasteiger partial charge is 0.485 e. The average molecular weight is 364 g/mol. The Morgan fingerprint density at radius 1 is 0.962 bits per heavy atom. The summed E-state index contributed by atoms with van der Waals surface area (Å²) in [6, 6.07) is 15.5. The Labute approximate surface area is 154 Å². The number of H-pyrrole nitrogens is 1. The van der Waals surface area contributed by atoms with Gasteiger partial charge in [0.05, 0.1) is 11.0 Å². The molecule has 1 aliphatic rings. The van der Waals surface area contributed by atoms with Crippen molar-refractivity contribution in [3.8, 4) is 22.6 Å². The van der Waals surface area contributed by atoms with E-state index in [4.69, 9.17) is 21.1 Å². The van der Waals surface area contributed by atoms with Gasteiger partial charge in [-0.3, -0.25) is 4.98 Å². The molecular weight excluding hydrogens is 350 g/mol. The average Bonchev–Trinajstić information content (AvgIpc) is 3.11. The van der Waals surface area contributed by atoms with E-state index in [9.17, 15) is 0 Å². The molecule has 26 heavy (non-hydrogen) atoms. The zero-order valence-corrected chi connectivity index (χ0v) is 14.4. The number of halogens is 1. The lowest BCUT2D eigenvalue weighted by molar-refractivity contribution is 0.0859. The molecule has 4 aromatic rings. The van der Waals surface area contributed by atoms with Crippen LogP contribution in [-0.2, 0) is 0 Å². The van der Waals surface area contributed by atoms with Crippen molar-refractivity contribution >= 4 is 22.6 Å². The summed E-state index contributed by atoms with van der Waals surface area (Å²) in [4.78, 5) is 12.1. The smallest absolute Gasteiger partial charge is 0.190 e. The van der Waals surface area contributed by atoms with Crippen molar-refractivity contribution in [1.82, 2.24) is 15.0 Å². The second kappa shape index (κ2) is 6.04. The summed E-state index contributed by atoms with van der Waals surface area (Å²) in [7, 11) is 0. The highest BCUT2D eigenvalue weighted by Gasteiger charge is 2.25. The van der Waals surface area contributed by atoms with Gasteiger partial charge in [0.1, 0.15) is 6.61 Å². The molecule has 0 saturated carbocycles. The van der Waals surface area contributed by atoms with Crippen LogP contribution in [0.3, 0.4) is 0 Å². The van der Waals surface area contributed by atoms with Crippen molar-refractivity contribution in [1.29, 1.82) is 0 Å². The van der Waals surface area contributed by atoms with E-state index in [0.29, 0.717) is 23.1 Å². The Hall–Kier alpha value is -3.05. The fraction of sp³-hybridized carbons (Fsp3) is 0.100. The topological polar surface area (TPSA) is 60.0 Å². The molecule has 2 aromatic heterocycles. The molecule has 6 heteroatoms. The van der Waals surface area contributed by atoms with E-state index in [2.05, 4.69) is 27.1 Å². The molecular formula is C20H14ClN3O2. The molecule has 128 valence electrons. The van der Waals surface area contributed by atoms with Crippen molar-refractivity contribution < 1.29 is 9.47 Å². The van der Waals surface area contributed by atoms with Gasteiger partial charge in [0, 0.05) is 23.5 Å². The van der Waals surface area contributed by atoms with Crippen LogP contribution in [0.15, 0.2) is 60.9 Å². The van der Waals surface area contributed by atoms with E-state index >= 15 is 0 Å². The van der Waals surface area contributed by atoms with Gasteiger partial charge >= 0.3 is 0 Å². The van der Waals surface area contributed by atoms with Gasteiger partial charge in [0.15, 0.2) is 23.4 Å². The monoisotopic (exact) mass is 363 g/mol. The number of nitrogens with one attached hydrogen (secondary N) is 1. The molecule has 0 radical (unpaired) electrons. The number of ether oxygens (including phenoxy) is 2. The van der Waals surface area contributed by atoms with Crippen molar-refractivity contribution in [2.24, 2.45) is 0 Å². The lowest BCUT2D eigenvalue weighted by Gasteiger charge is -2.25. The van der Waals surface area contributed by atoms with Crippen LogP contribution in [0.5, 0.6) is 11.5 Å². The summed E-state index contributed by atoms with van der Waals surface area (Å²) in [6.07, 6.45) is 3.26. The summed E-state index contributed by atoms with van der Waals surface area (Å²) >= 11 is 6.05. The van der Waals surface area contributed by atoms with E-state index in [-0.39, 0.29) is 6.10 Å². The standard InChI is InChI=1S/C20H14ClN3O2/c21-14-2-4-17-18(10-14)26-19(11-25-17)20-23-15-3-1-13(9-16(15)24-20)12-5-7-22-8-6-12/h1-10,19H,11H2,(H,23,24). The number of fused-ring (bicyclic) bond motifs is 2. The molecule has 0 aliphatic carbocycles. The SMILES string of the molecule is Clc1ccc2c(c1)OC(c1nc3ccc(-c4ccncc4)cc3[nH]1)CO2. The molecule has 0 bridgehead atoms. The number of aromatic nitrogens is 3. The van der Waals surface area contributed by atoms with E-state index in [1.807, 2.05) is 24.3 Å². The molecule has 5 rings (SSSR count). The first-order valence-electron chi connectivity index (χ1n) is 8.25. The van der Waals surface area contributed by atoms with Gasteiger partial charge in [0.2, 0.25) is 0 Å². The lowest BCUT2D eigenvalue weighted by atomic mass is 10.1. The Bertz CT molecular complexity index is 1090. The van der Waals surface area contributed by atoms with Crippen LogP contribution in [0.2, 0.25) is 5.02 Å². The van der Waals surface area contributed by atoms with Crippen LogP contribution in [-0.4, -0.2) is 21.6 Å². The van der Waals surface area contributed by atoms with Crippen molar-refractivity contribution in [3.63, 3.8) is 0 Å². The molecule has 0 spiro atoms. The van der Waals surface area contributed by atoms with E-state index in [0.717, 1.165) is 28.0 Å². The van der Waals surface area contributed by atoms with Gasteiger partial charge < -0.3 is 14.5 Å². The van der Waals surface area contributed by atoms with Gasteiger partial charge in [-0.25, -0.2) is 4.98 Å². The fourth-order valence-electron chi connectivity index (χ4n) is 3.09. The van der Waals surface area contributed by atoms with Crippen LogP contribution in [0.25, 0.3) is 22.2 Å². The Kier molecular flexibility index (Phi) is 3.53. The fourth-order valence-corrected chi connectivity index (χ4v) is 3.25. The first-order chi connectivity index (χ1) is 12.8. The number of hydrogen-bond donors (Lipinski definition) is 1. The third kappa shape index (κ3) is 2.66. The number of hydrogen-bond acceptors (Lipinski definition) is 4. The maximum Gasteiger partial charge on any atom is 0.190 e. The summed E-state index contributed by atoms with van der Waals surface area (Å²) in [6.45, 7) is 0.395. The molecule has 3 heterocycles. The summed E-state index contributed by atoms with van der Waals surface area (Å²) in [5.74, 6) is 2.06. The van der Waals surface area contributed by atoms with Gasteiger partial charge in [-0.15, -0.1) is 0 Å². The lowest BCUT2D eigenvalue weighted by Crippen LogP contribution is -2.22. The minimum atomic E-state index is -0.308. The Morgan fingerprint density at radius 2 is 1.85 bits per heavy atom. The van der Waals surface area contributed by atoms with E-state index in [1.165, 1.54) is 0 Å². The third-order valence-electron chi connectivity index (χ3n) is 4.38. The highest BCUT2D eigenvalue weighted by Crippen LogP contribution is 2.38. The molecule has 1 N–H and O–H groups in total. The number of nitrogens with zero attached hydrogens (tertiary/aromatic N) is 2. The number of pyridine rings is 1. The zero-order chi connectivity index (χ0) is 17.5. The third-order valence-corrected chi connectivity index (χ3v) is 4.62. The second-order valence-corrected chi connectivity index (χ2v) is 6.53. The first kappa shape index (κ1) is 15.2. The number of benzene rings is 2.